The third kappa shape index (κ3) is 4.16. The number of hydrogen-bond acceptors (Lipinski definition) is 12. The van der Waals surface area contributed by atoms with E-state index in [2.05, 4.69) is 0 Å². The summed E-state index contributed by atoms with van der Waals surface area (Å²) in [6, 6.07) is 0. The second-order valence-corrected chi connectivity index (χ2v) is 8.06. The lowest BCUT2D eigenvalue weighted by molar-refractivity contribution is -0.206. The Morgan fingerprint density at radius 2 is 0.875 bits per heavy atom. The van der Waals surface area contributed by atoms with E-state index in [9.17, 15) is 30.6 Å². The van der Waals surface area contributed by atoms with Gasteiger partial charge < -0.3 is 50.3 Å². The molecule has 2 saturated heterocycles. The van der Waals surface area contributed by atoms with Gasteiger partial charge in [0, 0.05) is 0 Å². The van der Waals surface area contributed by atoms with Crippen LogP contribution in [0.4, 0.5) is 0 Å². The SMILES string of the molecule is OC[C@H]1OC(SSC2O[C@H](CO)[C@@H](O)[C@H](O)[C@H]2O)[C@H](O)[C@@H](O)[C@@H]1O. The van der Waals surface area contributed by atoms with Gasteiger partial charge in [-0.15, -0.1) is 0 Å². The molecule has 12 heteroatoms. The van der Waals surface area contributed by atoms with Crippen LogP contribution in [0.25, 0.3) is 0 Å². The number of aliphatic hydroxyl groups excluding tert-OH is 8. The lowest BCUT2D eigenvalue weighted by Crippen LogP contribution is -2.58. The van der Waals surface area contributed by atoms with Crippen LogP contribution in [-0.2, 0) is 9.47 Å². The molecule has 142 valence electrons. The van der Waals surface area contributed by atoms with E-state index in [4.69, 9.17) is 19.7 Å². The van der Waals surface area contributed by atoms with Gasteiger partial charge in [0.05, 0.1) is 13.2 Å². The highest BCUT2D eigenvalue weighted by atomic mass is 33.1. The first-order valence-corrected chi connectivity index (χ1v) is 9.52. The standard InChI is InChI=1S/C12H22O10S2/c13-1-3-5(15)7(17)9(19)11(21-3)23-24-12-10(20)8(18)6(16)4(2-14)22-12/h3-20H,1-2H2/t3-,4-,5-,6-,7+,8+,9-,10-,11?,12?/m1/s1. The fraction of sp³-hybridized carbons (Fsp3) is 1.00. The molecule has 0 saturated carbocycles. The molecule has 0 aromatic carbocycles. The van der Waals surface area contributed by atoms with Crippen LogP contribution < -0.4 is 0 Å². The summed E-state index contributed by atoms with van der Waals surface area (Å²) in [5.41, 5.74) is -2.09. The molecule has 2 heterocycles. The minimum absolute atomic E-state index is 0.563. The Balaban J connectivity index is 1.96. The summed E-state index contributed by atoms with van der Waals surface area (Å²) in [6.07, 6.45) is -11.0. The van der Waals surface area contributed by atoms with Gasteiger partial charge in [0.25, 0.3) is 0 Å². The monoisotopic (exact) mass is 390 g/mol. The molecule has 0 bridgehead atoms. The third-order valence-corrected chi connectivity index (χ3v) is 6.68. The average molecular weight is 390 g/mol. The van der Waals surface area contributed by atoms with E-state index in [1.165, 1.54) is 0 Å². The van der Waals surface area contributed by atoms with Crippen molar-refractivity contribution in [2.24, 2.45) is 0 Å². The molecule has 8 N–H and O–H groups in total. The zero-order chi connectivity index (χ0) is 18.0. The van der Waals surface area contributed by atoms with Gasteiger partial charge in [-0.3, -0.25) is 0 Å². The highest BCUT2D eigenvalue weighted by Gasteiger charge is 2.47. The van der Waals surface area contributed by atoms with Crippen molar-refractivity contribution >= 4 is 21.6 Å². The van der Waals surface area contributed by atoms with E-state index in [0.717, 1.165) is 21.6 Å². The molecule has 2 aliphatic rings. The Bertz CT molecular complexity index is 364. The van der Waals surface area contributed by atoms with Gasteiger partial charge in [0.15, 0.2) is 0 Å². The van der Waals surface area contributed by atoms with Crippen molar-refractivity contribution in [1.82, 2.24) is 0 Å². The maximum Gasteiger partial charge on any atom is 0.142 e. The van der Waals surface area contributed by atoms with Crippen LogP contribution in [0.3, 0.4) is 0 Å². The van der Waals surface area contributed by atoms with E-state index in [-0.39, 0.29) is 0 Å². The van der Waals surface area contributed by atoms with Crippen molar-refractivity contribution in [2.75, 3.05) is 13.2 Å². The predicted octanol–water partition coefficient (Wildman–Crippen LogP) is -4.03. The Hall–Kier alpha value is 0.300. The first-order chi connectivity index (χ1) is 11.3. The van der Waals surface area contributed by atoms with Gasteiger partial charge in [0.2, 0.25) is 0 Å². The summed E-state index contributed by atoms with van der Waals surface area (Å²) in [6.45, 7) is -1.13. The smallest absolute Gasteiger partial charge is 0.142 e. The van der Waals surface area contributed by atoms with Crippen LogP contribution in [-0.4, -0.2) is 114 Å². The lowest BCUT2D eigenvalue weighted by Gasteiger charge is -2.42. The Kier molecular flexibility index (Phi) is 7.55. The number of hydrogen-bond donors (Lipinski definition) is 8. The molecule has 2 unspecified atom stereocenters. The Labute approximate surface area is 145 Å². The topological polar surface area (TPSA) is 180 Å². The Morgan fingerprint density at radius 1 is 0.542 bits per heavy atom. The molecule has 0 amide bonds. The van der Waals surface area contributed by atoms with Gasteiger partial charge >= 0.3 is 0 Å². The Morgan fingerprint density at radius 3 is 1.17 bits per heavy atom. The summed E-state index contributed by atoms with van der Waals surface area (Å²) in [4.78, 5) is 0. The zero-order valence-corrected chi connectivity index (χ0v) is 14.0. The molecule has 0 aromatic heterocycles. The zero-order valence-electron chi connectivity index (χ0n) is 12.4. The fourth-order valence-corrected chi connectivity index (χ4v) is 5.16. The van der Waals surface area contributed by atoms with Crippen molar-refractivity contribution in [2.45, 2.75) is 59.7 Å². The summed E-state index contributed by atoms with van der Waals surface area (Å²) in [7, 11) is 1.72. The average Bonchev–Trinajstić information content (AvgIpc) is 2.58. The molecule has 10 atom stereocenters. The largest absolute Gasteiger partial charge is 0.394 e. The minimum atomic E-state index is -1.52. The van der Waals surface area contributed by atoms with Crippen molar-refractivity contribution in [3.63, 3.8) is 0 Å². The molecule has 0 radical (unpaired) electrons. The second-order valence-electron chi connectivity index (χ2n) is 5.59. The minimum Gasteiger partial charge on any atom is -0.394 e. The van der Waals surface area contributed by atoms with Gasteiger partial charge in [-0.2, -0.15) is 0 Å². The van der Waals surface area contributed by atoms with Crippen LogP contribution in [0.1, 0.15) is 0 Å². The number of rotatable bonds is 5. The summed E-state index contributed by atoms with van der Waals surface area (Å²) in [5, 5.41) is 76.9. The van der Waals surface area contributed by atoms with Crippen LogP contribution in [0.5, 0.6) is 0 Å². The normalized spacial score (nSPS) is 50.0. The maximum absolute atomic E-state index is 9.93. The summed E-state index contributed by atoms with van der Waals surface area (Å²) in [5.74, 6) is 0. The van der Waals surface area contributed by atoms with Gasteiger partial charge in [-0.1, -0.05) is 21.6 Å². The molecule has 2 fully saturated rings. The predicted molar refractivity (Wildman–Crippen MR) is 82.7 cm³/mol. The molecule has 2 rings (SSSR count). The first-order valence-electron chi connectivity index (χ1n) is 7.25. The van der Waals surface area contributed by atoms with Crippen LogP contribution >= 0.6 is 21.6 Å². The van der Waals surface area contributed by atoms with Crippen molar-refractivity contribution in [1.29, 1.82) is 0 Å². The van der Waals surface area contributed by atoms with Crippen molar-refractivity contribution in [3.05, 3.63) is 0 Å². The molecule has 24 heavy (non-hydrogen) atoms. The molecule has 2 aliphatic heterocycles. The van der Waals surface area contributed by atoms with Crippen molar-refractivity contribution in [3.8, 4) is 0 Å². The molecule has 10 nitrogen and oxygen atoms in total. The summed E-state index contributed by atoms with van der Waals surface area (Å²) < 4.78 is 10.6. The fourth-order valence-electron chi connectivity index (χ4n) is 2.40. The van der Waals surface area contributed by atoms with E-state index < -0.39 is 72.9 Å². The van der Waals surface area contributed by atoms with E-state index in [1.54, 1.807) is 0 Å². The molecular weight excluding hydrogens is 368 g/mol. The molecule has 0 spiro atoms. The molecule has 0 aliphatic carbocycles. The highest BCUT2D eigenvalue weighted by molar-refractivity contribution is 8.77. The van der Waals surface area contributed by atoms with Crippen LogP contribution in [0, 0.1) is 0 Å². The second kappa shape index (κ2) is 8.79. The maximum atomic E-state index is 9.93. The highest BCUT2D eigenvalue weighted by Crippen LogP contribution is 2.41. The van der Waals surface area contributed by atoms with E-state index >= 15 is 0 Å². The van der Waals surface area contributed by atoms with E-state index in [0.29, 0.717) is 0 Å². The van der Waals surface area contributed by atoms with Gasteiger partial charge in [-0.25, -0.2) is 0 Å². The first kappa shape index (κ1) is 20.6. The lowest BCUT2D eigenvalue weighted by atomic mass is 10.0. The van der Waals surface area contributed by atoms with E-state index in [1.807, 2.05) is 0 Å². The number of aliphatic hydroxyl groups is 8. The van der Waals surface area contributed by atoms with Crippen molar-refractivity contribution < 1.29 is 50.3 Å². The van der Waals surface area contributed by atoms with Gasteiger partial charge in [-0.05, 0) is 0 Å². The number of ether oxygens (including phenoxy) is 2. The van der Waals surface area contributed by atoms with Crippen LogP contribution in [0.2, 0.25) is 0 Å². The third-order valence-electron chi connectivity index (χ3n) is 3.94. The molecule has 0 aromatic rings. The molecular formula is C12H22O10S2. The van der Waals surface area contributed by atoms with Gasteiger partial charge in [0.1, 0.15) is 59.7 Å². The summed E-state index contributed by atoms with van der Waals surface area (Å²) >= 11 is 0. The quantitative estimate of drug-likeness (QED) is 0.213. The van der Waals surface area contributed by atoms with Crippen LogP contribution in [0.15, 0.2) is 0 Å².